The summed E-state index contributed by atoms with van der Waals surface area (Å²) in [4.78, 5) is -0.462. The lowest BCUT2D eigenvalue weighted by molar-refractivity contribution is -0.141. The van der Waals surface area contributed by atoms with Gasteiger partial charge in [0.15, 0.2) is 5.69 Å². The Balaban J connectivity index is 2.21. The van der Waals surface area contributed by atoms with Crippen LogP contribution in [0.4, 0.5) is 13.2 Å². The molecule has 0 aliphatic carbocycles. The van der Waals surface area contributed by atoms with Crippen LogP contribution in [0.2, 0.25) is 0 Å². The molecule has 0 saturated carbocycles. The molecular formula is C17H14F3N3O4S. The highest BCUT2D eigenvalue weighted by atomic mass is 32.2. The van der Waals surface area contributed by atoms with E-state index in [2.05, 4.69) is 15.3 Å². The molecule has 3 rings (SSSR count). The van der Waals surface area contributed by atoms with Gasteiger partial charge in [0.25, 0.3) is 0 Å². The van der Waals surface area contributed by atoms with Crippen molar-refractivity contribution in [3.8, 4) is 22.7 Å². The number of hydrogen-bond donors (Lipinski definition) is 2. The first kappa shape index (κ1) is 19.9. The Morgan fingerprint density at radius 3 is 2.29 bits per heavy atom. The number of aryl methyl sites for hydroxylation is 1. The summed E-state index contributed by atoms with van der Waals surface area (Å²) in [6.07, 6.45) is -4.71. The SMILES string of the molecule is Cc1ccc(-c2cc(C(F)(F)F)nn2-c2ccc(S(=O)(=O)ON)cc2O)cc1. The molecule has 3 N–H and O–H groups in total. The van der Waals surface area contributed by atoms with E-state index in [1.54, 1.807) is 24.3 Å². The number of phenolic OH excluding ortho intramolecular Hbond substituents is 1. The van der Waals surface area contributed by atoms with Crippen LogP contribution in [0.3, 0.4) is 0 Å². The number of nitrogens with two attached hydrogens (primary N) is 1. The van der Waals surface area contributed by atoms with Gasteiger partial charge >= 0.3 is 16.3 Å². The normalized spacial score (nSPS) is 12.3. The molecule has 1 heterocycles. The summed E-state index contributed by atoms with van der Waals surface area (Å²) < 4.78 is 67.6. The van der Waals surface area contributed by atoms with Gasteiger partial charge in [-0.25, -0.2) is 4.68 Å². The van der Waals surface area contributed by atoms with Crippen molar-refractivity contribution < 1.29 is 31.0 Å². The van der Waals surface area contributed by atoms with E-state index in [1.807, 2.05) is 6.92 Å². The van der Waals surface area contributed by atoms with Crippen molar-refractivity contribution in [2.45, 2.75) is 18.0 Å². The first-order valence-corrected chi connectivity index (χ1v) is 9.15. The van der Waals surface area contributed by atoms with Gasteiger partial charge in [0.1, 0.15) is 11.4 Å². The number of aromatic nitrogens is 2. The highest BCUT2D eigenvalue weighted by Gasteiger charge is 2.35. The van der Waals surface area contributed by atoms with Crippen LogP contribution in [0.25, 0.3) is 16.9 Å². The smallest absolute Gasteiger partial charge is 0.435 e. The first-order chi connectivity index (χ1) is 13.0. The maximum absolute atomic E-state index is 13.2. The van der Waals surface area contributed by atoms with Crippen molar-refractivity contribution >= 4 is 10.1 Å². The summed E-state index contributed by atoms with van der Waals surface area (Å²) in [5.41, 5.74) is 0.0832. The lowest BCUT2D eigenvalue weighted by atomic mass is 10.1. The Hall–Kier alpha value is -2.89. The Morgan fingerprint density at radius 1 is 1.11 bits per heavy atom. The molecule has 0 spiro atoms. The third-order valence-electron chi connectivity index (χ3n) is 3.94. The van der Waals surface area contributed by atoms with E-state index in [1.165, 1.54) is 0 Å². The zero-order valence-electron chi connectivity index (χ0n) is 14.3. The van der Waals surface area contributed by atoms with Gasteiger partial charge < -0.3 is 5.11 Å². The van der Waals surface area contributed by atoms with Crippen LogP contribution in [0.15, 0.2) is 53.4 Å². The van der Waals surface area contributed by atoms with Gasteiger partial charge in [-0.2, -0.15) is 36.9 Å². The van der Waals surface area contributed by atoms with Gasteiger partial charge in [-0.3, -0.25) is 0 Å². The van der Waals surface area contributed by atoms with Crippen LogP contribution in [0.5, 0.6) is 5.75 Å². The number of hydrogen-bond acceptors (Lipinski definition) is 6. The lowest BCUT2D eigenvalue weighted by Gasteiger charge is -2.11. The van der Waals surface area contributed by atoms with Gasteiger partial charge in [-0.1, -0.05) is 29.8 Å². The largest absolute Gasteiger partial charge is 0.506 e. The van der Waals surface area contributed by atoms with Crippen molar-refractivity contribution in [1.82, 2.24) is 9.78 Å². The van der Waals surface area contributed by atoms with Crippen LogP contribution >= 0.6 is 0 Å². The van der Waals surface area contributed by atoms with E-state index in [9.17, 15) is 26.7 Å². The van der Waals surface area contributed by atoms with Crippen molar-refractivity contribution in [1.29, 1.82) is 0 Å². The summed E-state index contributed by atoms with van der Waals surface area (Å²) in [5.74, 6) is 4.07. The number of benzene rings is 2. The Bertz CT molecular complexity index is 1120. The molecule has 0 unspecified atom stereocenters. The predicted molar refractivity (Wildman–Crippen MR) is 92.9 cm³/mol. The molecule has 148 valence electrons. The Kier molecular flexibility index (Phi) is 4.91. The molecule has 0 radical (unpaired) electrons. The van der Waals surface area contributed by atoms with Crippen LogP contribution in [-0.2, 0) is 20.6 Å². The van der Waals surface area contributed by atoms with E-state index in [-0.39, 0.29) is 11.4 Å². The fourth-order valence-electron chi connectivity index (χ4n) is 2.53. The van der Waals surface area contributed by atoms with Crippen molar-refractivity contribution in [2.24, 2.45) is 5.90 Å². The Morgan fingerprint density at radius 2 is 1.75 bits per heavy atom. The molecule has 0 amide bonds. The summed E-state index contributed by atoms with van der Waals surface area (Å²) >= 11 is 0. The van der Waals surface area contributed by atoms with Crippen molar-refractivity contribution in [3.63, 3.8) is 0 Å². The third kappa shape index (κ3) is 3.72. The summed E-state index contributed by atoms with van der Waals surface area (Å²) in [7, 11) is -4.30. The lowest BCUT2D eigenvalue weighted by Crippen LogP contribution is -2.11. The highest BCUT2D eigenvalue weighted by Crippen LogP contribution is 2.35. The topological polar surface area (TPSA) is 107 Å². The molecule has 3 aromatic rings. The van der Waals surface area contributed by atoms with E-state index >= 15 is 0 Å². The zero-order chi connectivity index (χ0) is 20.7. The van der Waals surface area contributed by atoms with Crippen molar-refractivity contribution in [3.05, 3.63) is 59.8 Å². The minimum absolute atomic E-state index is 0.0632. The second-order valence-corrected chi connectivity index (χ2v) is 7.46. The minimum Gasteiger partial charge on any atom is -0.506 e. The average Bonchev–Trinajstić information content (AvgIpc) is 3.07. The van der Waals surface area contributed by atoms with Crippen LogP contribution in [-0.4, -0.2) is 23.3 Å². The Labute approximate surface area is 157 Å². The minimum atomic E-state index is -4.71. The number of halogens is 3. The molecule has 11 heteroatoms. The number of alkyl halides is 3. The second-order valence-electron chi connectivity index (χ2n) is 5.89. The van der Waals surface area contributed by atoms with Crippen LogP contribution in [0, 0.1) is 6.92 Å². The van der Waals surface area contributed by atoms with E-state index in [4.69, 9.17) is 0 Å². The molecule has 1 aromatic heterocycles. The van der Waals surface area contributed by atoms with Gasteiger partial charge in [0.05, 0.1) is 10.6 Å². The quantitative estimate of drug-likeness (QED) is 0.637. The zero-order valence-corrected chi connectivity index (χ0v) is 15.1. The standard InChI is InChI=1S/C17H14F3N3O4S/c1-10-2-4-11(5-3-10)14-9-16(17(18,19)20)22-23(14)13-7-6-12(8-15(13)24)28(25,26)27-21/h2-9,24H,21H2,1H3. The summed E-state index contributed by atoms with van der Waals surface area (Å²) in [6.45, 7) is 1.83. The van der Waals surface area contributed by atoms with E-state index in [0.717, 1.165) is 34.5 Å². The van der Waals surface area contributed by atoms with Crippen LogP contribution in [0.1, 0.15) is 11.3 Å². The first-order valence-electron chi connectivity index (χ1n) is 7.74. The van der Waals surface area contributed by atoms with Gasteiger partial charge in [-0.15, -0.1) is 0 Å². The summed E-state index contributed by atoms with van der Waals surface area (Å²) in [6, 6.07) is 10.4. The molecule has 0 fully saturated rings. The van der Waals surface area contributed by atoms with E-state index in [0.29, 0.717) is 5.56 Å². The number of nitrogens with zero attached hydrogens (tertiary/aromatic N) is 2. The molecule has 7 nitrogen and oxygen atoms in total. The second kappa shape index (κ2) is 6.93. The van der Waals surface area contributed by atoms with Gasteiger partial charge in [0.2, 0.25) is 0 Å². The number of aromatic hydroxyl groups is 1. The number of phenols is 1. The van der Waals surface area contributed by atoms with Gasteiger partial charge in [-0.05, 0) is 25.1 Å². The summed E-state index contributed by atoms with van der Waals surface area (Å²) in [5, 5.41) is 13.8. The van der Waals surface area contributed by atoms with E-state index < -0.39 is 32.6 Å². The monoisotopic (exact) mass is 413 g/mol. The molecule has 28 heavy (non-hydrogen) atoms. The van der Waals surface area contributed by atoms with Crippen LogP contribution < -0.4 is 5.90 Å². The number of rotatable bonds is 4. The van der Waals surface area contributed by atoms with Crippen molar-refractivity contribution in [2.75, 3.05) is 0 Å². The maximum Gasteiger partial charge on any atom is 0.435 e. The average molecular weight is 413 g/mol. The molecule has 0 saturated heterocycles. The third-order valence-corrected chi connectivity index (χ3v) is 5.02. The molecule has 0 aliphatic rings. The fourth-order valence-corrected chi connectivity index (χ4v) is 3.13. The molecule has 2 aromatic carbocycles. The highest BCUT2D eigenvalue weighted by molar-refractivity contribution is 7.86. The predicted octanol–water partition coefficient (Wildman–Crippen LogP) is 3.15. The molecular weight excluding hydrogens is 399 g/mol. The molecule has 0 bridgehead atoms. The molecule has 0 aliphatic heterocycles. The fraction of sp³-hybridized carbons (Fsp3) is 0.118. The van der Waals surface area contributed by atoms with Gasteiger partial charge in [0, 0.05) is 11.6 Å². The maximum atomic E-state index is 13.2. The molecule has 0 atom stereocenters.